The molecule has 2 heterocycles. The second-order valence-electron chi connectivity index (χ2n) is 7.53. The highest BCUT2D eigenvalue weighted by molar-refractivity contribution is 6.33. The van der Waals surface area contributed by atoms with E-state index in [1.165, 1.54) is 11.8 Å². The van der Waals surface area contributed by atoms with E-state index >= 15 is 0 Å². The summed E-state index contributed by atoms with van der Waals surface area (Å²) in [5.41, 5.74) is 3.40. The average molecular weight is 482 g/mol. The van der Waals surface area contributed by atoms with Crippen molar-refractivity contribution in [2.45, 2.75) is 13.8 Å². The highest BCUT2D eigenvalue weighted by atomic mass is 35.5. The lowest BCUT2D eigenvalue weighted by atomic mass is 9.98. The van der Waals surface area contributed by atoms with Gasteiger partial charge in [0.25, 0.3) is 5.91 Å². The first-order valence-electron chi connectivity index (χ1n) is 10.3. The number of aromatic nitrogens is 1. The van der Waals surface area contributed by atoms with E-state index in [4.69, 9.17) is 32.6 Å². The van der Waals surface area contributed by atoms with Gasteiger partial charge in [-0.2, -0.15) is 0 Å². The van der Waals surface area contributed by atoms with Gasteiger partial charge in [-0.25, -0.2) is 4.98 Å². The summed E-state index contributed by atoms with van der Waals surface area (Å²) in [6, 6.07) is 16.5. The lowest BCUT2D eigenvalue weighted by Gasteiger charge is -2.13. The number of nitrogens with one attached hydrogen (secondary N) is 1. The molecule has 4 aromatic rings. The van der Waals surface area contributed by atoms with Crippen LogP contribution in [0.1, 0.15) is 24.4 Å². The van der Waals surface area contributed by atoms with Gasteiger partial charge in [-0.05, 0) is 36.8 Å². The Bertz CT molecular complexity index is 1360. The van der Waals surface area contributed by atoms with E-state index < -0.39 is 0 Å². The standard InChI is InChI=1S/C25H21Cl2N3O3/c1-4-30(3)25(32)23-22(28-14(2)31)19-13-18(15-9-11-16(26)12-10-15)21(29-24(19)33-23)17-7-5-6-8-20(17)27/h5-13H,4H2,1-3H3,(H,28,31). The van der Waals surface area contributed by atoms with Crippen LogP contribution in [0.25, 0.3) is 33.5 Å². The first-order valence-corrected chi connectivity index (χ1v) is 11.1. The van der Waals surface area contributed by atoms with Crippen LogP contribution in [-0.2, 0) is 4.79 Å². The molecular weight excluding hydrogens is 461 g/mol. The number of pyridine rings is 1. The third kappa shape index (κ3) is 4.45. The number of furan rings is 1. The molecule has 4 rings (SSSR count). The molecule has 0 atom stereocenters. The molecule has 0 bridgehead atoms. The number of hydrogen-bond donors (Lipinski definition) is 1. The number of amides is 2. The Labute approximate surface area is 201 Å². The van der Waals surface area contributed by atoms with Crippen molar-refractivity contribution in [3.05, 3.63) is 70.4 Å². The van der Waals surface area contributed by atoms with Crippen molar-refractivity contribution in [3.8, 4) is 22.4 Å². The van der Waals surface area contributed by atoms with Gasteiger partial charge in [-0.3, -0.25) is 9.59 Å². The monoisotopic (exact) mass is 481 g/mol. The van der Waals surface area contributed by atoms with E-state index in [0.29, 0.717) is 33.2 Å². The third-order valence-electron chi connectivity index (χ3n) is 5.28. The smallest absolute Gasteiger partial charge is 0.291 e. The number of anilines is 1. The molecule has 0 saturated carbocycles. The zero-order chi connectivity index (χ0) is 23.7. The molecule has 0 aliphatic rings. The molecule has 2 amide bonds. The van der Waals surface area contributed by atoms with Crippen LogP contribution in [0.3, 0.4) is 0 Å². The SMILES string of the molecule is CCN(C)C(=O)c1oc2nc(-c3ccccc3Cl)c(-c3ccc(Cl)cc3)cc2c1NC(C)=O. The molecule has 0 unspecified atom stereocenters. The van der Waals surface area contributed by atoms with E-state index in [1.54, 1.807) is 25.2 Å². The second kappa shape index (κ2) is 9.25. The third-order valence-corrected chi connectivity index (χ3v) is 5.86. The van der Waals surface area contributed by atoms with Gasteiger partial charge in [0.15, 0.2) is 0 Å². The van der Waals surface area contributed by atoms with E-state index in [0.717, 1.165) is 11.1 Å². The summed E-state index contributed by atoms with van der Waals surface area (Å²) in [6.07, 6.45) is 0. The summed E-state index contributed by atoms with van der Waals surface area (Å²) >= 11 is 12.6. The van der Waals surface area contributed by atoms with E-state index in [9.17, 15) is 9.59 Å². The minimum absolute atomic E-state index is 0.0235. The maximum Gasteiger partial charge on any atom is 0.291 e. The Balaban J connectivity index is 2.05. The fourth-order valence-corrected chi connectivity index (χ4v) is 3.85. The minimum Gasteiger partial charge on any atom is -0.430 e. The van der Waals surface area contributed by atoms with Crippen molar-refractivity contribution in [1.82, 2.24) is 9.88 Å². The minimum atomic E-state index is -0.355. The zero-order valence-corrected chi connectivity index (χ0v) is 19.8. The fraction of sp³-hybridized carbons (Fsp3) is 0.160. The Hall–Kier alpha value is -3.35. The Morgan fingerprint density at radius 2 is 1.76 bits per heavy atom. The summed E-state index contributed by atoms with van der Waals surface area (Å²) in [5, 5.41) is 4.39. The van der Waals surface area contributed by atoms with Crippen LogP contribution in [-0.4, -0.2) is 35.3 Å². The van der Waals surface area contributed by atoms with Crippen LogP contribution in [0.15, 0.2) is 59.0 Å². The average Bonchev–Trinajstić information content (AvgIpc) is 3.14. The predicted octanol–water partition coefficient (Wildman–Crippen LogP) is 6.52. The predicted molar refractivity (Wildman–Crippen MR) is 132 cm³/mol. The zero-order valence-electron chi connectivity index (χ0n) is 18.3. The van der Waals surface area contributed by atoms with E-state index in [-0.39, 0.29) is 29.0 Å². The summed E-state index contributed by atoms with van der Waals surface area (Å²) in [4.78, 5) is 31.2. The highest BCUT2D eigenvalue weighted by Crippen LogP contribution is 2.40. The molecule has 0 spiro atoms. The van der Waals surface area contributed by atoms with Crippen molar-refractivity contribution in [1.29, 1.82) is 0 Å². The van der Waals surface area contributed by atoms with Crippen molar-refractivity contribution in [2.24, 2.45) is 0 Å². The van der Waals surface area contributed by atoms with Gasteiger partial charge in [0.05, 0.1) is 11.1 Å². The first-order chi connectivity index (χ1) is 15.8. The largest absolute Gasteiger partial charge is 0.430 e. The maximum atomic E-state index is 13.0. The van der Waals surface area contributed by atoms with Crippen molar-refractivity contribution >= 4 is 51.8 Å². The number of hydrogen-bond acceptors (Lipinski definition) is 4. The summed E-state index contributed by atoms with van der Waals surface area (Å²) in [6.45, 7) is 3.71. The lowest BCUT2D eigenvalue weighted by Crippen LogP contribution is -2.26. The van der Waals surface area contributed by atoms with Crippen LogP contribution in [0.5, 0.6) is 0 Å². The first kappa shape index (κ1) is 22.8. The van der Waals surface area contributed by atoms with Gasteiger partial charge in [0.2, 0.25) is 17.4 Å². The van der Waals surface area contributed by atoms with Crippen LogP contribution in [0.4, 0.5) is 5.69 Å². The van der Waals surface area contributed by atoms with Gasteiger partial charge in [0.1, 0.15) is 5.69 Å². The number of rotatable bonds is 5. The second-order valence-corrected chi connectivity index (χ2v) is 8.37. The lowest BCUT2D eigenvalue weighted by molar-refractivity contribution is -0.114. The molecule has 0 aliphatic carbocycles. The number of carbonyl (C=O) groups is 2. The molecule has 2 aromatic carbocycles. The number of carbonyl (C=O) groups excluding carboxylic acids is 2. The molecule has 33 heavy (non-hydrogen) atoms. The molecule has 0 saturated heterocycles. The number of benzene rings is 2. The summed E-state index contributed by atoms with van der Waals surface area (Å²) in [5.74, 6) is -0.656. The van der Waals surface area contributed by atoms with E-state index in [2.05, 4.69) is 5.32 Å². The molecule has 168 valence electrons. The van der Waals surface area contributed by atoms with Gasteiger partial charge >= 0.3 is 0 Å². The molecule has 1 N–H and O–H groups in total. The van der Waals surface area contributed by atoms with Crippen molar-refractivity contribution in [3.63, 3.8) is 0 Å². The normalized spacial score (nSPS) is 10.9. The van der Waals surface area contributed by atoms with Gasteiger partial charge < -0.3 is 14.6 Å². The maximum absolute atomic E-state index is 13.0. The number of halogens is 2. The summed E-state index contributed by atoms with van der Waals surface area (Å²) in [7, 11) is 1.66. The van der Waals surface area contributed by atoms with Crippen LogP contribution in [0, 0.1) is 0 Å². The molecule has 8 heteroatoms. The van der Waals surface area contributed by atoms with E-state index in [1.807, 2.05) is 43.3 Å². The molecule has 6 nitrogen and oxygen atoms in total. The van der Waals surface area contributed by atoms with Gasteiger partial charge in [-0.15, -0.1) is 0 Å². The van der Waals surface area contributed by atoms with Crippen LogP contribution >= 0.6 is 23.2 Å². The quantitative estimate of drug-likeness (QED) is 0.352. The summed E-state index contributed by atoms with van der Waals surface area (Å²) < 4.78 is 5.92. The molecule has 0 fully saturated rings. The molecule has 2 aromatic heterocycles. The van der Waals surface area contributed by atoms with Crippen LogP contribution in [0.2, 0.25) is 10.0 Å². The number of fused-ring (bicyclic) bond motifs is 1. The Morgan fingerprint density at radius 1 is 1.06 bits per heavy atom. The highest BCUT2D eigenvalue weighted by Gasteiger charge is 2.26. The fourth-order valence-electron chi connectivity index (χ4n) is 3.50. The molecule has 0 aliphatic heterocycles. The van der Waals surface area contributed by atoms with Crippen LogP contribution < -0.4 is 5.32 Å². The van der Waals surface area contributed by atoms with Crippen molar-refractivity contribution in [2.75, 3.05) is 18.9 Å². The molecule has 0 radical (unpaired) electrons. The van der Waals surface area contributed by atoms with Gasteiger partial charge in [-0.1, -0.05) is 53.5 Å². The number of nitrogens with zero attached hydrogens (tertiary/aromatic N) is 2. The van der Waals surface area contributed by atoms with Crippen molar-refractivity contribution < 1.29 is 14.0 Å². The topological polar surface area (TPSA) is 75.4 Å². The Kier molecular flexibility index (Phi) is 6.40. The van der Waals surface area contributed by atoms with Gasteiger partial charge in [0, 0.05) is 41.7 Å². The molecular formula is C25H21Cl2N3O3. The Morgan fingerprint density at radius 3 is 2.39 bits per heavy atom.